The molecule has 14 heteroatoms. The summed E-state index contributed by atoms with van der Waals surface area (Å²) in [7, 11) is 3.09. The van der Waals surface area contributed by atoms with Gasteiger partial charge >= 0.3 is 5.97 Å². The number of benzene rings is 2. The Morgan fingerprint density at radius 1 is 1.02 bits per heavy atom. The Labute approximate surface area is 261 Å². The minimum Gasteiger partial charge on any atom is -0.507 e. The van der Waals surface area contributed by atoms with Crippen LogP contribution in [0.15, 0.2) is 36.4 Å². The van der Waals surface area contributed by atoms with Crippen molar-refractivity contribution in [2.24, 2.45) is 5.73 Å². The first-order valence-electron chi connectivity index (χ1n) is 14.8. The van der Waals surface area contributed by atoms with Crippen molar-refractivity contribution in [2.75, 3.05) is 27.2 Å². The molecule has 0 saturated carbocycles. The molecule has 45 heavy (non-hydrogen) atoms. The van der Waals surface area contributed by atoms with E-state index in [1.54, 1.807) is 7.05 Å². The highest BCUT2D eigenvalue weighted by Crippen LogP contribution is 2.38. The van der Waals surface area contributed by atoms with Gasteiger partial charge in [-0.25, -0.2) is 4.79 Å². The summed E-state index contributed by atoms with van der Waals surface area (Å²) in [4.78, 5) is 66.6. The van der Waals surface area contributed by atoms with E-state index < -0.39 is 47.9 Å². The van der Waals surface area contributed by atoms with Crippen molar-refractivity contribution < 1.29 is 39.3 Å². The van der Waals surface area contributed by atoms with Crippen LogP contribution in [0.25, 0.3) is 11.1 Å². The third-order valence-corrected chi connectivity index (χ3v) is 7.66. The van der Waals surface area contributed by atoms with Crippen molar-refractivity contribution in [1.29, 1.82) is 0 Å². The Hall–Kier alpha value is -4.69. The Morgan fingerprint density at radius 3 is 2.33 bits per heavy atom. The van der Waals surface area contributed by atoms with Gasteiger partial charge in [-0.15, -0.1) is 0 Å². The molecular weight excluding hydrogens is 584 g/mol. The van der Waals surface area contributed by atoms with Crippen LogP contribution in [0.5, 0.6) is 11.5 Å². The molecule has 4 bridgehead atoms. The fourth-order valence-corrected chi connectivity index (χ4v) is 5.13. The quantitative estimate of drug-likeness (QED) is 0.157. The Morgan fingerprint density at radius 2 is 1.69 bits per heavy atom. The highest BCUT2D eigenvalue weighted by Gasteiger charge is 2.35. The number of carbonyl (C=O) groups excluding carboxylic acids is 4. The predicted molar refractivity (Wildman–Crippen MR) is 165 cm³/mol. The van der Waals surface area contributed by atoms with Crippen LogP contribution in [-0.4, -0.2) is 95.1 Å². The summed E-state index contributed by atoms with van der Waals surface area (Å²) in [5.41, 5.74) is 6.62. The average molecular weight is 627 g/mol. The van der Waals surface area contributed by atoms with E-state index in [9.17, 15) is 39.3 Å². The highest BCUT2D eigenvalue weighted by molar-refractivity contribution is 5.96. The van der Waals surface area contributed by atoms with Gasteiger partial charge < -0.3 is 47.2 Å². The van der Waals surface area contributed by atoms with E-state index in [0.29, 0.717) is 31.5 Å². The molecule has 244 valence electrons. The summed E-state index contributed by atoms with van der Waals surface area (Å²) < 4.78 is 0. The largest absolute Gasteiger partial charge is 0.507 e. The zero-order valence-electron chi connectivity index (χ0n) is 25.6. The van der Waals surface area contributed by atoms with E-state index in [1.165, 1.54) is 50.4 Å². The standard InChI is InChI=1S/C31H42N6O8/c1-17-28(41)36-23(31(44)45)15-18-7-9-24(38)20(14-18)21-16-19(8-10-25(21)39)27(29(42)34-17)37(3)30(43)22(6-4-5-12-32)35-26(40)11-13-33-2/h7-10,14,16-17,22-23,27,33,38-39H,4-6,11-13,15,32H2,1-3H3,(H,34,42)(H,35,40)(H,36,41)(H,44,45)/t17-,22-,23-,27-/m0/s1. The third kappa shape index (κ3) is 8.92. The van der Waals surface area contributed by atoms with E-state index in [4.69, 9.17) is 5.73 Å². The van der Waals surface area contributed by atoms with Gasteiger partial charge in [0.2, 0.25) is 23.6 Å². The smallest absolute Gasteiger partial charge is 0.326 e. The molecule has 1 aliphatic heterocycles. The number of hydrogen-bond acceptors (Lipinski definition) is 9. The van der Waals surface area contributed by atoms with Crippen molar-refractivity contribution in [3.8, 4) is 22.6 Å². The van der Waals surface area contributed by atoms with Gasteiger partial charge in [0.25, 0.3) is 0 Å². The molecular formula is C31H42N6O8. The average Bonchev–Trinajstić information content (AvgIpc) is 3.00. The molecule has 3 rings (SSSR count). The lowest BCUT2D eigenvalue weighted by atomic mass is 9.93. The number of hydrogen-bond donors (Lipinski definition) is 8. The van der Waals surface area contributed by atoms with Crippen LogP contribution in [0.3, 0.4) is 0 Å². The molecule has 1 aliphatic rings. The fraction of sp³-hybridized carbons (Fsp3) is 0.452. The van der Waals surface area contributed by atoms with Crippen LogP contribution in [0.4, 0.5) is 0 Å². The summed E-state index contributed by atoms with van der Waals surface area (Å²) in [5.74, 6) is -4.24. The predicted octanol–water partition coefficient (Wildman–Crippen LogP) is 0.118. The number of nitrogens with zero attached hydrogens (tertiary/aromatic N) is 1. The second kappa shape index (κ2) is 15.9. The minimum atomic E-state index is -1.36. The number of amides is 4. The number of carboxylic acids is 1. The number of rotatable bonds is 11. The second-order valence-electron chi connectivity index (χ2n) is 11.1. The molecule has 2 aromatic rings. The Kier molecular flexibility index (Phi) is 12.3. The molecule has 0 radical (unpaired) electrons. The molecule has 0 aromatic heterocycles. The first-order chi connectivity index (χ1) is 21.4. The molecule has 0 fully saturated rings. The molecule has 0 spiro atoms. The van der Waals surface area contributed by atoms with E-state index in [0.717, 1.165) is 4.90 Å². The SMILES string of the molecule is CNCCC(=O)N[C@@H](CCCCN)C(=O)N(C)[C@@H]1C(=O)N[C@@H](C)C(=O)N[C@H](C(=O)O)Cc2ccc(O)c(c2)-c2cc1ccc2O. The number of aromatic hydroxyl groups is 2. The number of carbonyl (C=O) groups is 5. The van der Waals surface area contributed by atoms with Crippen LogP contribution in [0.2, 0.25) is 0 Å². The summed E-state index contributed by atoms with van der Waals surface area (Å²) in [5, 5.41) is 41.9. The van der Waals surface area contributed by atoms with Crippen LogP contribution >= 0.6 is 0 Å². The van der Waals surface area contributed by atoms with Gasteiger partial charge in [0.15, 0.2) is 0 Å². The summed E-state index contributed by atoms with van der Waals surface area (Å²) in [6, 6.07) is 3.64. The maximum atomic E-state index is 13.9. The van der Waals surface area contributed by atoms with Crippen molar-refractivity contribution in [2.45, 2.75) is 63.2 Å². The number of fused-ring (bicyclic) bond motifs is 5. The number of likely N-dealkylation sites (N-methyl/N-ethyl adjacent to an activating group) is 1. The van der Waals surface area contributed by atoms with Crippen molar-refractivity contribution >= 4 is 29.6 Å². The maximum absolute atomic E-state index is 13.9. The van der Waals surface area contributed by atoms with Gasteiger partial charge in [-0.05, 0) is 75.2 Å². The normalized spacial score (nSPS) is 19.0. The van der Waals surface area contributed by atoms with E-state index >= 15 is 0 Å². The first kappa shape index (κ1) is 34.8. The van der Waals surface area contributed by atoms with Gasteiger partial charge in [0.05, 0.1) is 0 Å². The van der Waals surface area contributed by atoms with Crippen LogP contribution in [0.1, 0.15) is 49.8 Å². The lowest BCUT2D eigenvalue weighted by Crippen LogP contribution is -2.54. The highest BCUT2D eigenvalue weighted by atomic mass is 16.4. The van der Waals surface area contributed by atoms with Gasteiger partial charge in [0, 0.05) is 37.6 Å². The lowest BCUT2D eigenvalue weighted by molar-refractivity contribution is -0.144. The summed E-state index contributed by atoms with van der Waals surface area (Å²) in [6.45, 7) is 2.17. The fourth-order valence-electron chi connectivity index (χ4n) is 5.13. The number of unbranched alkanes of at least 4 members (excludes halogenated alkanes) is 1. The van der Waals surface area contributed by atoms with Crippen molar-refractivity contribution in [3.63, 3.8) is 0 Å². The topological polar surface area (TPSA) is 223 Å². The Balaban J connectivity index is 2.13. The number of phenols is 2. The molecule has 2 aromatic carbocycles. The molecule has 1 heterocycles. The van der Waals surface area contributed by atoms with Gasteiger partial charge in [-0.1, -0.05) is 12.1 Å². The van der Waals surface area contributed by atoms with E-state index in [2.05, 4.69) is 21.3 Å². The maximum Gasteiger partial charge on any atom is 0.326 e. The molecule has 9 N–H and O–H groups in total. The zero-order chi connectivity index (χ0) is 33.3. The number of nitrogens with two attached hydrogens (primary N) is 1. The van der Waals surface area contributed by atoms with Crippen LogP contribution in [0, 0.1) is 0 Å². The molecule has 0 aliphatic carbocycles. The molecule has 0 saturated heterocycles. The Bertz CT molecular complexity index is 1420. The van der Waals surface area contributed by atoms with Crippen molar-refractivity contribution in [1.82, 2.24) is 26.2 Å². The molecule has 4 atom stereocenters. The third-order valence-electron chi connectivity index (χ3n) is 7.66. The van der Waals surface area contributed by atoms with Crippen LogP contribution in [-0.2, 0) is 30.4 Å². The van der Waals surface area contributed by atoms with Gasteiger partial charge in [-0.2, -0.15) is 0 Å². The lowest BCUT2D eigenvalue weighted by Gasteiger charge is -2.32. The minimum absolute atomic E-state index is 0.124. The summed E-state index contributed by atoms with van der Waals surface area (Å²) in [6.07, 6.45) is 1.39. The summed E-state index contributed by atoms with van der Waals surface area (Å²) >= 11 is 0. The molecule has 4 amide bonds. The van der Waals surface area contributed by atoms with Crippen molar-refractivity contribution in [3.05, 3.63) is 47.5 Å². The van der Waals surface area contributed by atoms with Gasteiger partial charge in [-0.3, -0.25) is 19.2 Å². The second-order valence-corrected chi connectivity index (χ2v) is 11.1. The number of phenolic OH excluding ortho intramolecular Hbond substituents is 2. The molecule has 14 nitrogen and oxygen atoms in total. The van der Waals surface area contributed by atoms with E-state index in [-0.39, 0.29) is 53.4 Å². The zero-order valence-corrected chi connectivity index (χ0v) is 25.6. The number of carboxylic acid groups (broad SMARTS) is 1. The number of aliphatic carboxylic acids is 1. The van der Waals surface area contributed by atoms with Gasteiger partial charge in [0.1, 0.15) is 35.7 Å². The van der Waals surface area contributed by atoms with E-state index in [1.807, 2.05) is 0 Å². The monoisotopic (exact) mass is 626 g/mol. The van der Waals surface area contributed by atoms with Crippen LogP contribution < -0.4 is 27.0 Å². The molecule has 0 unspecified atom stereocenters. The first-order valence-corrected chi connectivity index (χ1v) is 14.8. The number of nitrogens with one attached hydrogen (secondary N) is 4.